The van der Waals surface area contributed by atoms with Crippen LogP contribution in [0, 0.1) is 11.6 Å². The molecule has 0 aromatic heterocycles. The fraction of sp³-hybridized carbons (Fsp3) is 0.500. The Morgan fingerprint density at radius 2 is 2.24 bits per heavy atom. The van der Waals surface area contributed by atoms with Crippen LogP contribution in [-0.2, 0) is 0 Å². The van der Waals surface area contributed by atoms with Crippen LogP contribution < -0.4 is 10.2 Å². The molecule has 5 heteroatoms. The third-order valence-electron chi connectivity index (χ3n) is 2.98. The molecule has 1 atom stereocenters. The van der Waals surface area contributed by atoms with Gasteiger partial charge in [-0.1, -0.05) is 18.5 Å². The second kappa shape index (κ2) is 5.19. The van der Waals surface area contributed by atoms with Crippen LogP contribution in [0.1, 0.15) is 13.3 Å². The number of likely N-dealkylation sites (N-methyl/N-ethyl adjacent to an activating group) is 1. The van der Waals surface area contributed by atoms with Crippen LogP contribution in [0.2, 0.25) is 5.02 Å². The van der Waals surface area contributed by atoms with Gasteiger partial charge in [-0.05, 0) is 19.0 Å². The molecular weight excluding hydrogens is 246 g/mol. The molecule has 0 saturated carbocycles. The van der Waals surface area contributed by atoms with Crippen molar-refractivity contribution in [1.29, 1.82) is 0 Å². The van der Waals surface area contributed by atoms with Gasteiger partial charge in [-0.3, -0.25) is 0 Å². The van der Waals surface area contributed by atoms with E-state index in [0.29, 0.717) is 18.3 Å². The molecule has 1 aliphatic rings. The molecule has 1 aromatic carbocycles. The SMILES string of the molecule is CCNC1CCN(c2c(F)cc(F)cc2Cl)C1. The topological polar surface area (TPSA) is 15.3 Å². The van der Waals surface area contributed by atoms with Gasteiger partial charge in [0.15, 0.2) is 5.82 Å². The average Bonchev–Trinajstić information content (AvgIpc) is 2.65. The summed E-state index contributed by atoms with van der Waals surface area (Å²) in [5, 5.41) is 3.45. The highest BCUT2D eigenvalue weighted by Crippen LogP contribution is 2.32. The monoisotopic (exact) mass is 260 g/mol. The minimum Gasteiger partial charge on any atom is -0.366 e. The molecule has 1 aliphatic heterocycles. The summed E-state index contributed by atoms with van der Waals surface area (Å²) in [6, 6.07) is 2.38. The summed E-state index contributed by atoms with van der Waals surface area (Å²) in [6.07, 6.45) is 0.945. The molecule has 2 nitrogen and oxygen atoms in total. The van der Waals surface area contributed by atoms with Crippen LogP contribution in [-0.4, -0.2) is 25.7 Å². The minimum absolute atomic E-state index is 0.139. The highest BCUT2D eigenvalue weighted by molar-refractivity contribution is 6.33. The van der Waals surface area contributed by atoms with E-state index in [1.807, 2.05) is 11.8 Å². The molecule has 1 saturated heterocycles. The number of hydrogen-bond donors (Lipinski definition) is 1. The first-order valence-corrected chi connectivity index (χ1v) is 6.12. The molecule has 1 aromatic rings. The number of benzene rings is 1. The van der Waals surface area contributed by atoms with E-state index in [0.717, 1.165) is 31.6 Å². The molecule has 0 bridgehead atoms. The Kier molecular flexibility index (Phi) is 3.84. The van der Waals surface area contributed by atoms with E-state index >= 15 is 0 Å². The summed E-state index contributed by atoms with van der Waals surface area (Å²) in [7, 11) is 0. The fourth-order valence-electron chi connectivity index (χ4n) is 2.26. The average molecular weight is 261 g/mol. The number of rotatable bonds is 3. The number of halogens is 3. The van der Waals surface area contributed by atoms with E-state index < -0.39 is 11.6 Å². The lowest BCUT2D eigenvalue weighted by molar-refractivity contribution is 0.567. The molecule has 0 radical (unpaired) electrons. The number of nitrogens with one attached hydrogen (secondary N) is 1. The van der Waals surface area contributed by atoms with E-state index in [-0.39, 0.29) is 5.02 Å². The van der Waals surface area contributed by atoms with Crippen LogP contribution in [0.3, 0.4) is 0 Å². The molecule has 2 rings (SSSR count). The molecule has 1 N–H and O–H groups in total. The predicted octanol–water partition coefficient (Wildman–Crippen LogP) is 2.81. The first kappa shape index (κ1) is 12.6. The van der Waals surface area contributed by atoms with Gasteiger partial charge in [0.1, 0.15) is 5.82 Å². The molecule has 17 heavy (non-hydrogen) atoms. The van der Waals surface area contributed by atoms with Crippen molar-refractivity contribution >= 4 is 17.3 Å². The lowest BCUT2D eigenvalue weighted by atomic mass is 10.2. The predicted molar refractivity (Wildman–Crippen MR) is 65.7 cm³/mol. The molecule has 1 fully saturated rings. The maximum Gasteiger partial charge on any atom is 0.150 e. The van der Waals surface area contributed by atoms with Gasteiger partial charge >= 0.3 is 0 Å². The molecule has 0 spiro atoms. The van der Waals surface area contributed by atoms with Crippen molar-refractivity contribution in [3.63, 3.8) is 0 Å². The van der Waals surface area contributed by atoms with Crippen molar-refractivity contribution in [3.8, 4) is 0 Å². The van der Waals surface area contributed by atoms with Gasteiger partial charge in [0.2, 0.25) is 0 Å². The highest BCUT2D eigenvalue weighted by atomic mass is 35.5. The lowest BCUT2D eigenvalue weighted by Crippen LogP contribution is -2.32. The summed E-state index contributed by atoms with van der Waals surface area (Å²) in [5.41, 5.74) is 0.313. The minimum atomic E-state index is -0.640. The largest absolute Gasteiger partial charge is 0.366 e. The second-order valence-corrected chi connectivity index (χ2v) is 4.61. The molecule has 0 amide bonds. The van der Waals surface area contributed by atoms with E-state index in [9.17, 15) is 8.78 Å². The van der Waals surface area contributed by atoms with E-state index in [4.69, 9.17) is 11.6 Å². The van der Waals surface area contributed by atoms with Gasteiger partial charge in [-0.15, -0.1) is 0 Å². The summed E-state index contributed by atoms with van der Waals surface area (Å²) in [6.45, 7) is 4.36. The van der Waals surface area contributed by atoms with Crippen LogP contribution in [0.15, 0.2) is 12.1 Å². The van der Waals surface area contributed by atoms with Crippen LogP contribution in [0.4, 0.5) is 14.5 Å². The number of nitrogens with zero attached hydrogens (tertiary/aromatic N) is 1. The molecule has 1 unspecified atom stereocenters. The van der Waals surface area contributed by atoms with Crippen molar-refractivity contribution in [2.45, 2.75) is 19.4 Å². The van der Waals surface area contributed by atoms with Crippen molar-refractivity contribution in [2.75, 3.05) is 24.5 Å². The Morgan fingerprint density at radius 3 is 2.88 bits per heavy atom. The van der Waals surface area contributed by atoms with Gasteiger partial charge < -0.3 is 10.2 Å². The second-order valence-electron chi connectivity index (χ2n) is 4.21. The van der Waals surface area contributed by atoms with Crippen molar-refractivity contribution in [1.82, 2.24) is 5.32 Å². The van der Waals surface area contributed by atoms with Gasteiger partial charge in [0.05, 0.1) is 10.7 Å². The molecule has 1 heterocycles. The zero-order valence-electron chi connectivity index (χ0n) is 9.64. The number of anilines is 1. The smallest absolute Gasteiger partial charge is 0.150 e. The van der Waals surface area contributed by atoms with Crippen LogP contribution in [0.5, 0.6) is 0 Å². The Balaban J connectivity index is 2.19. The fourth-order valence-corrected chi connectivity index (χ4v) is 2.57. The summed E-state index contributed by atoms with van der Waals surface area (Å²) >= 11 is 5.90. The zero-order valence-corrected chi connectivity index (χ0v) is 10.4. The van der Waals surface area contributed by atoms with Crippen molar-refractivity contribution < 1.29 is 8.78 Å². The van der Waals surface area contributed by atoms with Crippen molar-refractivity contribution in [3.05, 3.63) is 28.8 Å². The first-order chi connectivity index (χ1) is 8.11. The Hall–Kier alpha value is -0.870. The Morgan fingerprint density at radius 1 is 1.47 bits per heavy atom. The standard InChI is InChI=1S/C12H15ClF2N2/c1-2-16-9-3-4-17(7-9)12-10(13)5-8(14)6-11(12)15/h5-6,9,16H,2-4,7H2,1H3. The third-order valence-corrected chi connectivity index (χ3v) is 3.27. The zero-order chi connectivity index (χ0) is 12.4. The first-order valence-electron chi connectivity index (χ1n) is 5.74. The molecule has 94 valence electrons. The maximum absolute atomic E-state index is 13.7. The highest BCUT2D eigenvalue weighted by Gasteiger charge is 2.25. The quantitative estimate of drug-likeness (QED) is 0.899. The molecule has 0 aliphatic carbocycles. The number of hydrogen-bond acceptors (Lipinski definition) is 2. The van der Waals surface area contributed by atoms with Gasteiger partial charge in [0, 0.05) is 25.2 Å². The summed E-state index contributed by atoms with van der Waals surface area (Å²) in [4.78, 5) is 1.87. The van der Waals surface area contributed by atoms with Gasteiger partial charge in [-0.2, -0.15) is 0 Å². The normalized spacial score (nSPS) is 20.0. The maximum atomic E-state index is 13.7. The van der Waals surface area contributed by atoms with Gasteiger partial charge in [0.25, 0.3) is 0 Å². The Labute approximate surface area is 105 Å². The Bertz CT molecular complexity index is 388. The summed E-state index contributed by atoms with van der Waals surface area (Å²) in [5.74, 6) is -1.23. The lowest BCUT2D eigenvalue weighted by Gasteiger charge is -2.21. The third kappa shape index (κ3) is 2.69. The van der Waals surface area contributed by atoms with E-state index in [1.165, 1.54) is 0 Å². The van der Waals surface area contributed by atoms with E-state index in [1.54, 1.807) is 0 Å². The van der Waals surface area contributed by atoms with Crippen LogP contribution >= 0.6 is 11.6 Å². The van der Waals surface area contributed by atoms with E-state index in [2.05, 4.69) is 5.32 Å². The summed E-state index contributed by atoms with van der Waals surface area (Å²) < 4.78 is 26.6. The van der Waals surface area contributed by atoms with Crippen LogP contribution in [0.25, 0.3) is 0 Å². The van der Waals surface area contributed by atoms with Crippen molar-refractivity contribution in [2.24, 2.45) is 0 Å². The molecular formula is C12H15ClF2N2. The van der Waals surface area contributed by atoms with Gasteiger partial charge in [-0.25, -0.2) is 8.78 Å².